The fourth-order valence-corrected chi connectivity index (χ4v) is 4.25. The molecule has 2 amide bonds. The largest absolute Gasteiger partial charge is 0.493 e. The minimum Gasteiger partial charge on any atom is -0.493 e. The highest BCUT2D eigenvalue weighted by Gasteiger charge is 2.34. The molecule has 1 heterocycles. The Hall–Kier alpha value is -3.00. The first-order valence-corrected chi connectivity index (χ1v) is 11.0. The van der Waals surface area contributed by atoms with E-state index < -0.39 is 5.37 Å². The molecule has 2 aromatic carbocycles. The van der Waals surface area contributed by atoms with Crippen molar-refractivity contribution in [1.29, 1.82) is 0 Å². The maximum Gasteiger partial charge on any atom is 0.241 e. The lowest BCUT2D eigenvalue weighted by molar-refractivity contribution is -0.129. The number of hydrogen-bond donors (Lipinski definition) is 1. The van der Waals surface area contributed by atoms with Gasteiger partial charge in [0.2, 0.25) is 11.8 Å². The van der Waals surface area contributed by atoms with Crippen molar-refractivity contribution < 1.29 is 19.1 Å². The van der Waals surface area contributed by atoms with Gasteiger partial charge >= 0.3 is 0 Å². The first-order valence-electron chi connectivity index (χ1n) is 10.1. The van der Waals surface area contributed by atoms with E-state index in [2.05, 4.69) is 10.4 Å². The van der Waals surface area contributed by atoms with Gasteiger partial charge in [0.15, 0.2) is 5.17 Å². The Bertz CT molecular complexity index is 993. The minimum absolute atomic E-state index is 0.211. The number of carbonyl (C=O) groups is 2. The van der Waals surface area contributed by atoms with Crippen molar-refractivity contribution in [3.05, 3.63) is 59.2 Å². The van der Waals surface area contributed by atoms with E-state index in [1.54, 1.807) is 0 Å². The Kier molecular flexibility index (Phi) is 7.57. The molecule has 1 N–H and O–H groups in total. The highest BCUT2D eigenvalue weighted by atomic mass is 32.2. The Labute approximate surface area is 186 Å². The van der Waals surface area contributed by atoms with Gasteiger partial charge in [-0.2, -0.15) is 0 Å². The van der Waals surface area contributed by atoms with Gasteiger partial charge in [-0.1, -0.05) is 35.5 Å². The summed E-state index contributed by atoms with van der Waals surface area (Å²) in [5.41, 5.74) is 3.04. The van der Waals surface area contributed by atoms with Crippen LogP contribution in [0.3, 0.4) is 0 Å². The summed E-state index contributed by atoms with van der Waals surface area (Å²) in [4.78, 5) is 23.6. The van der Waals surface area contributed by atoms with Crippen molar-refractivity contribution in [3.63, 3.8) is 0 Å². The zero-order chi connectivity index (χ0) is 22.4. The topological polar surface area (TPSA) is 80.2 Å². The van der Waals surface area contributed by atoms with Gasteiger partial charge in [0, 0.05) is 25.8 Å². The van der Waals surface area contributed by atoms with Crippen LogP contribution in [0.25, 0.3) is 0 Å². The van der Waals surface area contributed by atoms with Crippen LogP contribution >= 0.6 is 11.8 Å². The number of nitrogens with zero attached hydrogens (tertiary/aromatic N) is 2. The van der Waals surface area contributed by atoms with E-state index in [1.165, 1.54) is 30.6 Å². The van der Waals surface area contributed by atoms with Gasteiger partial charge in [-0.25, -0.2) is 5.01 Å². The van der Waals surface area contributed by atoms with E-state index in [-0.39, 0.29) is 11.8 Å². The molecule has 0 aliphatic carbocycles. The number of ether oxygens (including phenoxy) is 2. The van der Waals surface area contributed by atoms with Gasteiger partial charge in [-0.15, -0.1) is 5.10 Å². The van der Waals surface area contributed by atoms with Gasteiger partial charge in [-0.05, 0) is 43.7 Å². The van der Waals surface area contributed by atoms with Crippen LogP contribution < -0.4 is 14.8 Å². The lowest BCUT2D eigenvalue weighted by Crippen LogP contribution is -2.25. The third kappa shape index (κ3) is 6.24. The summed E-state index contributed by atoms with van der Waals surface area (Å²) in [5.74, 6) is 1.09. The molecule has 0 spiro atoms. The average molecular weight is 442 g/mol. The second-order valence-electron chi connectivity index (χ2n) is 7.33. The number of carbonyl (C=O) groups excluding carboxylic acids is 2. The summed E-state index contributed by atoms with van der Waals surface area (Å²) in [5, 5.41) is 8.29. The first kappa shape index (κ1) is 22.7. The number of amidine groups is 1. The van der Waals surface area contributed by atoms with E-state index in [0.717, 1.165) is 22.4 Å². The quantitative estimate of drug-likeness (QED) is 0.653. The summed E-state index contributed by atoms with van der Waals surface area (Å²) >= 11 is 1.31. The Balaban J connectivity index is 1.65. The van der Waals surface area contributed by atoms with Gasteiger partial charge in [0.25, 0.3) is 0 Å². The molecule has 0 saturated heterocycles. The summed E-state index contributed by atoms with van der Waals surface area (Å²) in [7, 11) is 0. The molecule has 1 aliphatic heterocycles. The molecule has 0 radical (unpaired) electrons. The van der Waals surface area contributed by atoms with Crippen LogP contribution in [0.2, 0.25) is 0 Å². The van der Waals surface area contributed by atoms with E-state index in [9.17, 15) is 9.59 Å². The second-order valence-corrected chi connectivity index (χ2v) is 8.40. The minimum atomic E-state index is -0.405. The van der Waals surface area contributed by atoms with Gasteiger partial charge in [0.1, 0.15) is 16.9 Å². The molecular weight excluding hydrogens is 414 g/mol. The van der Waals surface area contributed by atoms with Crippen LogP contribution in [0.4, 0.5) is 0 Å². The first-order chi connectivity index (χ1) is 14.8. The summed E-state index contributed by atoms with van der Waals surface area (Å²) < 4.78 is 11.8. The van der Waals surface area contributed by atoms with E-state index >= 15 is 0 Å². The maximum absolute atomic E-state index is 12.2. The molecule has 0 saturated carbocycles. The molecule has 3 rings (SSSR count). The number of benzene rings is 2. The number of rotatable bonds is 7. The molecule has 0 unspecified atom stereocenters. The van der Waals surface area contributed by atoms with Crippen LogP contribution in [0, 0.1) is 13.8 Å². The highest BCUT2D eigenvalue weighted by molar-refractivity contribution is 8.14. The van der Waals surface area contributed by atoms with E-state index in [0.29, 0.717) is 30.6 Å². The van der Waals surface area contributed by atoms with Crippen molar-refractivity contribution >= 4 is 28.7 Å². The zero-order valence-corrected chi connectivity index (χ0v) is 19.0. The monoisotopic (exact) mass is 441 g/mol. The predicted octanol–water partition coefficient (Wildman–Crippen LogP) is 4.15. The van der Waals surface area contributed by atoms with Crippen LogP contribution in [0.5, 0.6) is 11.5 Å². The lowest BCUT2D eigenvalue weighted by Gasteiger charge is -2.22. The van der Waals surface area contributed by atoms with Crippen LogP contribution in [-0.2, 0) is 9.59 Å². The third-order valence-electron chi connectivity index (χ3n) is 4.49. The molecule has 1 atom stereocenters. The van der Waals surface area contributed by atoms with Crippen LogP contribution in [0.15, 0.2) is 47.6 Å². The summed E-state index contributed by atoms with van der Waals surface area (Å²) in [6.07, 6.45) is 0.711. The Morgan fingerprint density at radius 2 is 1.81 bits per heavy atom. The standard InChI is InChI=1S/C23H27N3O4S/c1-15-7-5-8-19(13-15)29-11-6-12-30-21-10-9-16(2)14-20(21)22-26(18(4)28)25-23(31-22)24-17(3)27/h5,7-10,13-14,22H,6,11-12H2,1-4H3,(H,24,25,27)/t22-/m0/s1. The van der Waals surface area contributed by atoms with E-state index in [4.69, 9.17) is 9.47 Å². The Morgan fingerprint density at radius 1 is 1.06 bits per heavy atom. The predicted molar refractivity (Wildman–Crippen MR) is 122 cm³/mol. The molecule has 2 aromatic rings. The van der Waals surface area contributed by atoms with Crippen molar-refractivity contribution in [2.75, 3.05) is 13.2 Å². The van der Waals surface area contributed by atoms with Gasteiger partial charge in [-0.3, -0.25) is 9.59 Å². The molecule has 31 heavy (non-hydrogen) atoms. The average Bonchev–Trinajstić information content (AvgIpc) is 3.12. The van der Waals surface area contributed by atoms with Crippen molar-refractivity contribution in [1.82, 2.24) is 10.3 Å². The molecule has 0 aromatic heterocycles. The SMILES string of the molecule is CC(=O)NC1=NN(C(C)=O)[C@H](c2cc(C)ccc2OCCCOc2cccc(C)c2)S1. The number of thioether (sulfide) groups is 1. The second kappa shape index (κ2) is 10.3. The van der Waals surface area contributed by atoms with Gasteiger partial charge in [0.05, 0.1) is 13.2 Å². The number of hydrogen-bond acceptors (Lipinski definition) is 6. The van der Waals surface area contributed by atoms with Crippen LogP contribution in [0.1, 0.15) is 42.3 Å². The Morgan fingerprint density at radius 3 is 2.52 bits per heavy atom. The molecule has 7 nitrogen and oxygen atoms in total. The molecule has 0 bridgehead atoms. The highest BCUT2D eigenvalue weighted by Crippen LogP contribution is 2.42. The fraction of sp³-hybridized carbons (Fsp3) is 0.348. The number of amides is 2. The van der Waals surface area contributed by atoms with E-state index in [1.807, 2.05) is 56.3 Å². The fourth-order valence-electron chi connectivity index (χ4n) is 3.09. The van der Waals surface area contributed by atoms with Crippen molar-refractivity contribution in [3.8, 4) is 11.5 Å². The normalized spacial score (nSPS) is 15.4. The zero-order valence-electron chi connectivity index (χ0n) is 18.2. The lowest BCUT2D eigenvalue weighted by atomic mass is 10.1. The molecular formula is C23H27N3O4S. The number of nitrogens with one attached hydrogen (secondary N) is 1. The van der Waals surface area contributed by atoms with Crippen molar-refractivity contribution in [2.45, 2.75) is 39.5 Å². The van der Waals surface area contributed by atoms with Gasteiger partial charge < -0.3 is 14.8 Å². The van der Waals surface area contributed by atoms with Crippen molar-refractivity contribution in [2.24, 2.45) is 5.10 Å². The molecule has 8 heteroatoms. The summed E-state index contributed by atoms with van der Waals surface area (Å²) in [6.45, 7) is 7.88. The number of aryl methyl sites for hydroxylation is 2. The molecule has 0 fully saturated rings. The number of hydrazone groups is 1. The molecule has 164 valence electrons. The third-order valence-corrected chi connectivity index (χ3v) is 5.57. The maximum atomic E-state index is 12.2. The smallest absolute Gasteiger partial charge is 0.241 e. The van der Waals surface area contributed by atoms with Crippen LogP contribution in [-0.4, -0.2) is 35.2 Å². The summed E-state index contributed by atoms with van der Waals surface area (Å²) in [6, 6.07) is 13.8. The molecule has 1 aliphatic rings.